The van der Waals surface area contributed by atoms with Gasteiger partial charge in [0.2, 0.25) is 0 Å². The second-order valence-electron chi connectivity index (χ2n) is 3.88. The van der Waals surface area contributed by atoms with Crippen molar-refractivity contribution in [1.29, 1.82) is 0 Å². The first kappa shape index (κ1) is 14.5. The molecule has 0 heterocycles. The van der Waals surface area contributed by atoms with Gasteiger partial charge in [0.1, 0.15) is 0 Å². The number of benzene rings is 1. The van der Waals surface area contributed by atoms with E-state index in [0.717, 1.165) is 6.42 Å². The molecule has 0 saturated carbocycles. The Morgan fingerprint density at radius 3 is 2.67 bits per heavy atom. The average Bonchev–Trinajstić information content (AvgIpc) is 2.31. The summed E-state index contributed by atoms with van der Waals surface area (Å²) in [5, 5.41) is 14.3. The Morgan fingerprint density at radius 2 is 2.11 bits per heavy atom. The summed E-state index contributed by atoms with van der Waals surface area (Å²) in [5.74, 6) is -1.09. The Labute approximate surface area is 114 Å². The molecule has 0 spiro atoms. The number of amides is 2. The van der Waals surface area contributed by atoms with Crippen molar-refractivity contribution < 1.29 is 14.7 Å². The molecule has 0 fully saturated rings. The number of hydrogen-bond donors (Lipinski definition) is 3. The highest BCUT2D eigenvalue weighted by Crippen LogP contribution is 2.26. The normalized spacial score (nSPS) is 11.7. The molecule has 1 aromatic carbocycles. The van der Waals surface area contributed by atoms with E-state index in [1.54, 1.807) is 12.1 Å². The molecule has 2 amide bonds. The molecule has 6 heteroatoms. The van der Waals surface area contributed by atoms with Crippen LogP contribution in [0.2, 0.25) is 0 Å². The van der Waals surface area contributed by atoms with Crippen LogP contribution in [0.1, 0.15) is 30.6 Å². The van der Waals surface area contributed by atoms with Gasteiger partial charge in [0.05, 0.1) is 11.3 Å². The fourth-order valence-corrected chi connectivity index (χ4v) is 1.77. The number of rotatable bonds is 4. The van der Waals surface area contributed by atoms with Crippen LogP contribution in [0.4, 0.5) is 10.5 Å². The van der Waals surface area contributed by atoms with Gasteiger partial charge in [0.25, 0.3) is 0 Å². The molecule has 0 aliphatic heterocycles. The Morgan fingerprint density at radius 1 is 1.44 bits per heavy atom. The van der Waals surface area contributed by atoms with Crippen molar-refractivity contribution in [3.8, 4) is 0 Å². The summed E-state index contributed by atoms with van der Waals surface area (Å²) in [7, 11) is 0. The second-order valence-corrected chi connectivity index (χ2v) is 4.73. The van der Waals surface area contributed by atoms with E-state index in [4.69, 9.17) is 5.11 Å². The first-order valence-corrected chi connectivity index (χ1v) is 6.34. The molecule has 98 valence electrons. The third-order valence-electron chi connectivity index (χ3n) is 2.47. The highest BCUT2D eigenvalue weighted by atomic mass is 79.9. The van der Waals surface area contributed by atoms with Crippen molar-refractivity contribution in [2.75, 3.05) is 5.32 Å². The summed E-state index contributed by atoms with van der Waals surface area (Å²) in [5.41, 5.74) is 0.300. The molecule has 1 aromatic rings. The van der Waals surface area contributed by atoms with E-state index in [0.29, 0.717) is 4.47 Å². The number of aromatic carboxylic acids is 1. The van der Waals surface area contributed by atoms with E-state index in [-0.39, 0.29) is 17.3 Å². The lowest BCUT2D eigenvalue weighted by Crippen LogP contribution is -2.36. The maximum absolute atomic E-state index is 11.7. The quantitative estimate of drug-likeness (QED) is 0.799. The van der Waals surface area contributed by atoms with Gasteiger partial charge in [0, 0.05) is 10.5 Å². The van der Waals surface area contributed by atoms with Crippen LogP contribution in [-0.2, 0) is 0 Å². The van der Waals surface area contributed by atoms with Gasteiger partial charge in [-0.05, 0) is 41.4 Å². The van der Waals surface area contributed by atoms with Crippen LogP contribution in [0.25, 0.3) is 0 Å². The van der Waals surface area contributed by atoms with Gasteiger partial charge in [-0.25, -0.2) is 9.59 Å². The Balaban J connectivity index is 2.90. The number of hydrogen-bond acceptors (Lipinski definition) is 2. The van der Waals surface area contributed by atoms with E-state index in [2.05, 4.69) is 26.6 Å². The van der Waals surface area contributed by atoms with Crippen LogP contribution in [0.5, 0.6) is 0 Å². The number of para-hydroxylation sites is 1. The number of anilines is 1. The molecule has 1 atom stereocenters. The minimum atomic E-state index is -1.09. The summed E-state index contributed by atoms with van der Waals surface area (Å²) in [6, 6.07) is 4.32. The van der Waals surface area contributed by atoms with Gasteiger partial charge in [-0.2, -0.15) is 0 Å². The van der Waals surface area contributed by atoms with Crippen LogP contribution in [0.3, 0.4) is 0 Å². The van der Waals surface area contributed by atoms with E-state index < -0.39 is 12.0 Å². The van der Waals surface area contributed by atoms with Gasteiger partial charge < -0.3 is 15.7 Å². The van der Waals surface area contributed by atoms with Gasteiger partial charge in [-0.1, -0.05) is 13.0 Å². The van der Waals surface area contributed by atoms with E-state index >= 15 is 0 Å². The summed E-state index contributed by atoms with van der Waals surface area (Å²) in [6.07, 6.45) is 0.801. The van der Waals surface area contributed by atoms with Gasteiger partial charge in [-0.15, -0.1) is 0 Å². The van der Waals surface area contributed by atoms with Gasteiger partial charge in [0.15, 0.2) is 0 Å². The summed E-state index contributed by atoms with van der Waals surface area (Å²) < 4.78 is 0.529. The fraction of sp³-hybridized carbons (Fsp3) is 0.333. The van der Waals surface area contributed by atoms with Crippen molar-refractivity contribution in [2.45, 2.75) is 26.3 Å². The van der Waals surface area contributed by atoms with Crippen molar-refractivity contribution >= 4 is 33.6 Å². The Hall–Kier alpha value is -1.56. The standard InChI is InChI=1S/C12H15BrN2O3/c1-3-7(2)14-12(18)15-10-8(11(16)17)5-4-6-9(10)13/h4-7H,3H2,1-2H3,(H,16,17)(H2,14,15,18). The lowest BCUT2D eigenvalue weighted by Gasteiger charge is -2.14. The van der Waals surface area contributed by atoms with Crippen LogP contribution < -0.4 is 10.6 Å². The fourth-order valence-electron chi connectivity index (χ4n) is 1.30. The predicted octanol–water partition coefficient (Wildman–Crippen LogP) is 3.07. The molecule has 18 heavy (non-hydrogen) atoms. The molecule has 3 N–H and O–H groups in total. The minimum Gasteiger partial charge on any atom is -0.478 e. The smallest absolute Gasteiger partial charge is 0.337 e. The highest BCUT2D eigenvalue weighted by Gasteiger charge is 2.15. The SMILES string of the molecule is CCC(C)NC(=O)Nc1c(Br)cccc1C(=O)O. The lowest BCUT2D eigenvalue weighted by molar-refractivity contribution is 0.0698. The molecule has 0 radical (unpaired) electrons. The molecular formula is C12H15BrN2O3. The topological polar surface area (TPSA) is 78.4 Å². The maximum atomic E-state index is 11.7. The number of carboxylic acids is 1. The number of urea groups is 1. The largest absolute Gasteiger partial charge is 0.478 e. The van der Waals surface area contributed by atoms with E-state index in [1.165, 1.54) is 6.07 Å². The van der Waals surface area contributed by atoms with Crippen LogP contribution >= 0.6 is 15.9 Å². The molecule has 1 rings (SSSR count). The highest BCUT2D eigenvalue weighted by molar-refractivity contribution is 9.10. The zero-order valence-corrected chi connectivity index (χ0v) is 11.7. The molecule has 1 unspecified atom stereocenters. The molecule has 0 bridgehead atoms. The number of carbonyl (C=O) groups is 2. The number of carboxylic acid groups (broad SMARTS) is 1. The van der Waals surface area contributed by atoms with Crippen molar-refractivity contribution in [1.82, 2.24) is 5.32 Å². The van der Waals surface area contributed by atoms with Crippen molar-refractivity contribution in [3.63, 3.8) is 0 Å². The zero-order valence-electron chi connectivity index (χ0n) is 10.2. The number of carbonyl (C=O) groups excluding carboxylic acids is 1. The zero-order chi connectivity index (χ0) is 13.7. The molecular weight excluding hydrogens is 300 g/mol. The molecule has 0 aliphatic rings. The van der Waals surface area contributed by atoms with Gasteiger partial charge in [-0.3, -0.25) is 0 Å². The van der Waals surface area contributed by atoms with Crippen LogP contribution in [0, 0.1) is 0 Å². The predicted molar refractivity (Wildman–Crippen MR) is 73.0 cm³/mol. The summed E-state index contributed by atoms with van der Waals surface area (Å²) >= 11 is 3.22. The Kier molecular flexibility index (Phi) is 5.15. The first-order chi connectivity index (χ1) is 8.45. The second kappa shape index (κ2) is 6.39. The van der Waals surface area contributed by atoms with Crippen LogP contribution in [0.15, 0.2) is 22.7 Å². The summed E-state index contributed by atoms with van der Waals surface area (Å²) in [4.78, 5) is 22.7. The van der Waals surface area contributed by atoms with Crippen molar-refractivity contribution in [3.05, 3.63) is 28.2 Å². The lowest BCUT2D eigenvalue weighted by atomic mass is 10.2. The van der Waals surface area contributed by atoms with Gasteiger partial charge >= 0.3 is 12.0 Å². The van der Waals surface area contributed by atoms with E-state index in [9.17, 15) is 9.59 Å². The number of halogens is 1. The third-order valence-corrected chi connectivity index (χ3v) is 3.13. The number of nitrogens with one attached hydrogen (secondary N) is 2. The summed E-state index contributed by atoms with van der Waals surface area (Å²) in [6.45, 7) is 3.82. The minimum absolute atomic E-state index is 0.0285. The maximum Gasteiger partial charge on any atom is 0.337 e. The molecule has 0 aliphatic carbocycles. The average molecular weight is 315 g/mol. The monoisotopic (exact) mass is 314 g/mol. The van der Waals surface area contributed by atoms with E-state index in [1.807, 2.05) is 13.8 Å². The van der Waals surface area contributed by atoms with Crippen LogP contribution in [-0.4, -0.2) is 23.1 Å². The first-order valence-electron chi connectivity index (χ1n) is 5.55. The molecule has 5 nitrogen and oxygen atoms in total. The third kappa shape index (κ3) is 3.73. The van der Waals surface area contributed by atoms with Crippen molar-refractivity contribution in [2.24, 2.45) is 0 Å². The molecule has 0 aromatic heterocycles. The molecule has 0 saturated heterocycles. The Bertz CT molecular complexity index is 463.